The number of para-hydroxylation sites is 1. The summed E-state index contributed by atoms with van der Waals surface area (Å²) in [5, 5.41) is 7.17. The molecule has 0 radical (unpaired) electrons. The molecular weight excluding hydrogens is 307 g/mol. The Morgan fingerprint density at radius 3 is 3.00 bits per heavy atom. The number of rotatable bonds is 6. The first kappa shape index (κ1) is 16.5. The molecule has 24 heavy (non-hydrogen) atoms. The van der Waals surface area contributed by atoms with Crippen LogP contribution in [0.5, 0.6) is 0 Å². The summed E-state index contributed by atoms with van der Waals surface area (Å²) in [5.41, 5.74) is 1.24. The SMILES string of the molecule is CCCn1nccc1C(=O)NC[C@@H]1CCN(c2ccccc2F)C1. The second-order valence-electron chi connectivity index (χ2n) is 6.20. The molecule has 6 heteroatoms. The molecule has 1 aromatic heterocycles. The van der Waals surface area contributed by atoms with Gasteiger partial charge in [-0.25, -0.2) is 4.39 Å². The second kappa shape index (κ2) is 7.47. The summed E-state index contributed by atoms with van der Waals surface area (Å²) in [6.45, 7) is 4.96. The van der Waals surface area contributed by atoms with Gasteiger partial charge in [-0.05, 0) is 37.0 Å². The molecule has 2 aromatic rings. The highest BCUT2D eigenvalue weighted by atomic mass is 19.1. The molecule has 1 aromatic carbocycles. The van der Waals surface area contributed by atoms with Gasteiger partial charge in [0.15, 0.2) is 0 Å². The maximum Gasteiger partial charge on any atom is 0.269 e. The van der Waals surface area contributed by atoms with Gasteiger partial charge in [0.1, 0.15) is 11.5 Å². The van der Waals surface area contributed by atoms with Crippen LogP contribution in [0.15, 0.2) is 36.5 Å². The summed E-state index contributed by atoms with van der Waals surface area (Å²) in [4.78, 5) is 14.4. The molecule has 1 N–H and O–H groups in total. The van der Waals surface area contributed by atoms with Gasteiger partial charge in [-0.3, -0.25) is 9.48 Å². The van der Waals surface area contributed by atoms with Crippen molar-refractivity contribution in [1.82, 2.24) is 15.1 Å². The third-order valence-electron chi connectivity index (χ3n) is 4.41. The Kier molecular flexibility index (Phi) is 5.13. The van der Waals surface area contributed by atoms with E-state index in [1.807, 2.05) is 11.0 Å². The molecule has 1 aliphatic heterocycles. The summed E-state index contributed by atoms with van der Waals surface area (Å²) in [6.07, 6.45) is 3.53. The zero-order valence-electron chi connectivity index (χ0n) is 13.9. The number of amides is 1. The van der Waals surface area contributed by atoms with Crippen LogP contribution in [0.2, 0.25) is 0 Å². The smallest absolute Gasteiger partial charge is 0.269 e. The van der Waals surface area contributed by atoms with Gasteiger partial charge in [0.25, 0.3) is 5.91 Å². The maximum absolute atomic E-state index is 13.9. The van der Waals surface area contributed by atoms with Crippen molar-refractivity contribution in [1.29, 1.82) is 0 Å². The van der Waals surface area contributed by atoms with E-state index in [1.165, 1.54) is 6.07 Å². The second-order valence-corrected chi connectivity index (χ2v) is 6.20. The van der Waals surface area contributed by atoms with Crippen LogP contribution in [0.25, 0.3) is 0 Å². The van der Waals surface area contributed by atoms with Gasteiger partial charge in [0.2, 0.25) is 0 Å². The van der Waals surface area contributed by atoms with Gasteiger partial charge >= 0.3 is 0 Å². The van der Waals surface area contributed by atoms with E-state index in [2.05, 4.69) is 17.3 Å². The van der Waals surface area contributed by atoms with Crippen molar-refractivity contribution in [3.05, 3.63) is 48.0 Å². The number of anilines is 1. The van der Waals surface area contributed by atoms with Crippen molar-refractivity contribution in [3.63, 3.8) is 0 Å². The Bertz CT molecular complexity index is 700. The topological polar surface area (TPSA) is 50.2 Å². The van der Waals surface area contributed by atoms with Crippen LogP contribution in [0, 0.1) is 11.7 Å². The molecule has 1 aliphatic rings. The minimum absolute atomic E-state index is 0.0923. The van der Waals surface area contributed by atoms with Crippen LogP contribution in [0.1, 0.15) is 30.3 Å². The van der Waals surface area contributed by atoms with E-state index < -0.39 is 0 Å². The summed E-state index contributed by atoms with van der Waals surface area (Å²) < 4.78 is 15.6. The van der Waals surface area contributed by atoms with E-state index in [4.69, 9.17) is 0 Å². The summed E-state index contributed by atoms with van der Waals surface area (Å²) in [5.74, 6) is 0.0482. The van der Waals surface area contributed by atoms with Crippen molar-refractivity contribution in [3.8, 4) is 0 Å². The number of carbonyl (C=O) groups is 1. The number of aryl methyl sites for hydroxylation is 1. The van der Waals surface area contributed by atoms with Gasteiger partial charge in [0.05, 0.1) is 5.69 Å². The third-order valence-corrected chi connectivity index (χ3v) is 4.41. The fourth-order valence-electron chi connectivity index (χ4n) is 3.17. The highest BCUT2D eigenvalue weighted by molar-refractivity contribution is 5.92. The zero-order valence-corrected chi connectivity index (χ0v) is 13.9. The standard InChI is InChI=1S/C18H23FN4O/c1-2-10-23-17(7-9-21-23)18(24)20-12-14-8-11-22(13-14)16-6-4-3-5-15(16)19/h3-7,9,14H,2,8,10-13H2,1H3,(H,20,24)/t14-/m0/s1. The lowest BCUT2D eigenvalue weighted by molar-refractivity contribution is 0.0937. The highest BCUT2D eigenvalue weighted by Crippen LogP contribution is 2.25. The Labute approximate surface area is 141 Å². The molecule has 0 aliphatic carbocycles. The molecule has 1 atom stereocenters. The number of nitrogens with zero attached hydrogens (tertiary/aromatic N) is 3. The van der Waals surface area contributed by atoms with Crippen LogP contribution >= 0.6 is 0 Å². The molecular formula is C18H23FN4O. The lowest BCUT2D eigenvalue weighted by atomic mass is 10.1. The van der Waals surface area contributed by atoms with Crippen LogP contribution in [-0.2, 0) is 6.54 Å². The number of aromatic nitrogens is 2. The van der Waals surface area contributed by atoms with E-state index in [1.54, 1.807) is 29.1 Å². The van der Waals surface area contributed by atoms with Crippen LogP contribution in [-0.4, -0.2) is 35.3 Å². The summed E-state index contributed by atoms with van der Waals surface area (Å²) >= 11 is 0. The molecule has 5 nitrogen and oxygen atoms in total. The Morgan fingerprint density at radius 2 is 2.21 bits per heavy atom. The van der Waals surface area contributed by atoms with Crippen molar-refractivity contribution >= 4 is 11.6 Å². The monoisotopic (exact) mass is 330 g/mol. The normalized spacial score (nSPS) is 17.2. The number of carbonyl (C=O) groups excluding carboxylic acids is 1. The van der Waals surface area contributed by atoms with Crippen molar-refractivity contribution < 1.29 is 9.18 Å². The minimum atomic E-state index is -0.189. The minimum Gasteiger partial charge on any atom is -0.369 e. The first-order valence-corrected chi connectivity index (χ1v) is 8.48. The Morgan fingerprint density at radius 1 is 1.38 bits per heavy atom. The molecule has 0 spiro atoms. The van der Waals surface area contributed by atoms with Crippen molar-refractivity contribution in [2.45, 2.75) is 26.3 Å². The first-order chi connectivity index (χ1) is 11.7. The molecule has 1 saturated heterocycles. The van der Waals surface area contributed by atoms with Crippen molar-refractivity contribution in [2.75, 3.05) is 24.5 Å². The van der Waals surface area contributed by atoms with Gasteiger partial charge in [-0.2, -0.15) is 5.10 Å². The highest BCUT2D eigenvalue weighted by Gasteiger charge is 2.25. The zero-order chi connectivity index (χ0) is 16.9. The number of hydrogen-bond acceptors (Lipinski definition) is 3. The molecule has 0 unspecified atom stereocenters. The number of nitrogens with one attached hydrogen (secondary N) is 1. The molecule has 1 fully saturated rings. The predicted octanol–water partition coefficient (Wildman–Crippen LogP) is 2.69. The van der Waals surface area contributed by atoms with E-state index in [0.717, 1.165) is 32.5 Å². The molecule has 128 valence electrons. The quantitative estimate of drug-likeness (QED) is 0.886. The third kappa shape index (κ3) is 3.58. The van der Waals surface area contributed by atoms with E-state index in [0.29, 0.717) is 23.8 Å². The number of benzene rings is 1. The Hall–Kier alpha value is -2.37. The number of hydrogen-bond donors (Lipinski definition) is 1. The maximum atomic E-state index is 13.9. The average molecular weight is 330 g/mol. The van der Waals surface area contributed by atoms with E-state index in [-0.39, 0.29) is 11.7 Å². The van der Waals surface area contributed by atoms with Crippen molar-refractivity contribution in [2.24, 2.45) is 5.92 Å². The first-order valence-electron chi connectivity index (χ1n) is 8.48. The summed E-state index contributed by atoms with van der Waals surface area (Å²) in [7, 11) is 0. The molecule has 1 amide bonds. The van der Waals surface area contributed by atoms with Crippen LogP contribution in [0.3, 0.4) is 0 Å². The molecule has 3 rings (SSSR count). The largest absolute Gasteiger partial charge is 0.369 e. The van der Waals surface area contributed by atoms with E-state index >= 15 is 0 Å². The lowest BCUT2D eigenvalue weighted by Gasteiger charge is -2.19. The molecule has 0 bridgehead atoms. The Balaban J connectivity index is 1.54. The van der Waals surface area contributed by atoms with Gasteiger partial charge < -0.3 is 10.2 Å². The van der Waals surface area contributed by atoms with E-state index in [9.17, 15) is 9.18 Å². The fraction of sp³-hybridized carbons (Fsp3) is 0.444. The molecule has 2 heterocycles. The van der Waals surface area contributed by atoms with Gasteiger partial charge in [-0.1, -0.05) is 19.1 Å². The fourth-order valence-corrected chi connectivity index (χ4v) is 3.17. The van der Waals surface area contributed by atoms with Gasteiger partial charge in [-0.15, -0.1) is 0 Å². The average Bonchev–Trinajstić information content (AvgIpc) is 3.23. The van der Waals surface area contributed by atoms with Gasteiger partial charge in [0, 0.05) is 32.4 Å². The van der Waals surface area contributed by atoms with Crippen LogP contribution < -0.4 is 10.2 Å². The predicted molar refractivity (Wildman–Crippen MR) is 91.6 cm³/mol. The molecule has 0 saturated carbocycles. The van der Waals surface area contributed by atoms with Crippen LogP contribution in [0.4, 0.5) is 10.1 Å². The number of halogens is 1. The lowest BCUT2D eigenvalue weighted by Crippen LogP contribution is -2.32. The summed E-state index contributed by atoms with van der Waals surface area (Å²) in [6, 6.07) is 8.58.